The van der Waals surface area contributed by atoms with Gasteiger partial charge < -0.3 is 15.5 Å². The molecule has 2 N–H and O–H groups in total. The minimum absolute atomic E-state index is 0.116. The number of carbonyl (C=O) groups is 2. The Morgan fingerprint density at radius 3 is 2.59 bits per heavy atom. The zero-order valence-electron chi connectivity index (χ0n) is 15.1. The minimum Gasteiger partial charge on any atom is -0.372 e. The average Bonchev–Trinajstić information content (AvgIpc) is 2.70. The molecule has 0 saturated carbocycles. The van der Waals surface area contributed by atoms with E-state index in [9.17, 15) is 9.59 Å². The van der Waals surface area contributed by atoms with E-state index in [4.69, 9.17) is 0 Å². The molecule has 0 unspecified atom stereocenters. The molecule has 0 aliphatic carbocycles. The molecule has 6 heteroatoms. The van der Waals surface area contributed by atoms with Gasteiger partial charge in [0, 0.05) is 35.8 Å². The van der Waals surface area contributed by atoms with Gasteiger partial charge in [0.2, 0.25) is 11.8 Å². The highest BCUT2D eigenvalue weighted by atomic mass is 32.2. The van der Waals surface area contributed by atoms with Gasteiger partial charge in [-0.3, -0.25) is 9.59 Å². The van der Waals surface area contributed by atoms with Crippen molar-refractivity contribution in [1.29, 1.82) is 0 Å². The first kappa shape index (κ1) is 17.9. The molecule has 0 spiro atoms. The van der Waals surface area contributed by atoms with Crippen molar-refractivity contribution in [2.75, 3.05) is 28.6 Å². The van der Waals surface area contributed by atoms with E-state index < -0.39 is 5.25 Å². The summed E-state index contributed by atoms with van der Waals surface area (Å²) in [6.07, 6.45) is 3.94. The molecule has 2 aromatic carbocycles. The van der Waals surface area contributed by atoms with E-state index in [2.05, 4.69) is 27.7 Å². The average molecular weight is 382 g/mol. The third-order valence-corrected chi connectivity index (χ3v) is 6.22. The molecule has 2 aliphatic heterocycles. The van der Waals surface area contributed by atoms with Gasteiger partial charge in [-0.25, -0.2) is 0 Å². The number of fused-ring (bicyclic) bond motifs is 1. The lowest BCUT2D eigenvalue weighted by molar-refractivity contribution is -0.120. The lowest BCUT2D eigenvalue weighted by atomic mass is 10.1. The lowest BCUT2D eigenvalue weighted by Crippen LogP contribution is -2.32. The Bertz CT molecular complexity index is 832. The van der Waals surface area contributed by atoms with Crippen molar-refractivity contribution in [1.82, 2.24) is 0 Å². The van der Waals surface area contributed by atoms with E-state index in [1.54, 1.807) is 0 Å². The third kappa shape index (κ3) is 4.27. The van der Waals surface area contributed by atoms with Crippen LogP contribution in [0.5, 0.6) is 0 Å². The summed E-state index contributed by atoms with van der Waals surface area (Å²) < 4.78 is 0. The van der Waals surface area contributed by atoms with Crippen LogP contribution < -0.4 is 15.5 Å². The second kappa shape index (κ2) is 8.05. The van der Waals surface area contributed by atoms with E-state index >= 15 is 0 Å². The Kier molecular flexibility index (Phi) is 5.34. The van der Waals surface area contributed by atoms with Gasteiger partial charge >= 0.3 is 0 Å². The number of hydrogen-bond acceptors (Lipinski definition) is 4. The normalized spacial score (nSPS) is 19.2. The molecule has 2 amide bonds. The van der Waals surface area contributed by atoms with Crippen molar-refractivity contribution in [3.05, 3.63) is 48.5 Å². The number of para-hydroxylation sites is 1. The summed E-state index contributed by atoms with van der Waals surface area (Å²) in [5.41, 5.74) is 2.78. The van der Waals surface area contributed by atoms with Gasteiger partial charge in [-0.1, -0.05) is 12.1 Å². The summed E-state index contributed by atoms with van der Waals surface area (Å²) in [5, 5.41) is 5.38. The number of piperidine rings is 1. The number of nitrogens with one attached hydrogen (secondary N) is 2. The largest absolute Gasteiger partial charge is 0.372 e. The second-order valence-electron chi connectivity index (χ2n) is 6.94. The monoisotopic (exact) mass is 381 g/mol. The Hall–Kier alpha value is -2.47. The van der Waals surface area contributed by atoms with E-state index in [-0.39, 0.29) is 18.2 Å². The molecule has 140 valence electrons. The Morgan fingerprint density at radius 1 is 1.07 bits per heavy atom. The zero-order valence-corrected chi connectivity index (χ0v) is 15.9. The van der Waals surface area contributed by atoms with Gasteiger partial charge in [0.05, 0.1) is 10.9 Å². The number of benzene rings is 2. The first-order valence-electron chi connectivity index (χ1n) is 9.40. The SMILES string of the molecule is O=C(C[C@H]1Sc2ccccc2NC1=O)Nc1ccc(N2CCCCC2)cc1. The molecular formula is C21H23N3O2S. The molecule has 1 atom stereocenters. The number of anilines is 3. The molecule has 2 aliphatic rings. The summed E-state index contributed by atoms with van der Waals surface area (Å²) in [5.74, 6) is -0.262. The molecule has 27 heavy (non-hydrogen) atoms. The van der Waals surface area contributed by atoms with E-state index in [0.29, 0.717) is 0 Å². The predicted octanol–water partition coefficient (Wildman–Crippen LogP) is 4.12. The highest BCUT2D eigenvalue weighted by Crippen LogP contribution is 2.36. The molecular weight excluding hydrogens is 358 g/mol. The summed E-state index contributed by atoms with van der Waals surface area (Å²) in [6, 6.07) is 15.6. The minimum atomic E-state index is -0.410. The summed E-state index contributed by atoms with van der Waals surface area (Å²) in [6.45, 7) is 2.20. The Balaban J connectivity index is 1.35. The fraction of sp³-hybridized carbons (Fsp3) is 0.333. The molecule has 4 rings (SSSR count). The molecule has 1 saturated heterocycles. The molecule has 2 heterocycles. The van der Waals surface area contributed by atoms with Crippen LogP contribution in [0.15, 0.2) is 53.4 Å². The number of nitrogens with zero attached hydrogens (tertiary/aromatic N) is 1. The topological polar surface area (TPSA) is 61.4 Å². The maximum absolute atomic E-state index is 12.4. The Labute approximate surface area is 163 Å². The van der Waals surface area contributed by atoms with Gasteiger partial charge in [0.25, 0.3) is 0 Å². The number of carbonyl (C=O) groups excluding carboxylic acids is 2. The Morgan fingerprint density at radius 2 is 1.81 bits per heavy atom. The van der Waals surface area contributed by atoms with Crippen LogP contribution in [0.1, 0.15) is 25.7 Å². The van der Waals surface area contributed by atoms with E-state index in [0.717, 1.165) is 29.4 Å². The molecule has 1 fully saturated rings. The van der Waals surface area contributed by atoms with Gasteiger partial charge in [-0.2, -0.15) is 0 Å². The quantitative estimate of drug-likeness (QED) is 0.836. The molecule has 0 radical (unpaired) electrons. The number of hydrogen-bond donors (Lipinski definition) is 2. The zero-order chi connectivity index (χ0) is 18.6. The number of rotatable bonds is 4. The highest BCUT2D eigenvalue weighted by molar-refractivity contribution is 8.01. The predicted molar refractivity (Wildman–Crippen MR) is 110 cm³/mol. The van der Waals surface area contributed by atoms with Crippen molar-refractivity contribution in [3.8, 4) is 0 Å². The first-order valence-corrected chi connectivity index (χ1v) is 10.3. The summed E-state index contributed by atoms with van der Waals surface area (Å²) in [4.78, 5) is 28.0. The molecule has 2 aromatic rings. The van der Waals surface area contributed by atoms with Gasteiger partial charge in [0.15, 0.2) is 0 Å². The van der Waals surface area contributed by atoms with Crippen LogP contribution in [0.4, 0.5) is 17.1 Å². The summed E-state index contributed by atoms with van der Waals surface area (Å²) in [7, 11) is 0. The second-order valence-corrected chi connectivity index (χ2v) is 8.18. The fourth-order valence-corrected chi connectivity index (χ4v) is 4.63. The van der Waals surface area contributed by atoms with Crippen molar-refractivity contribution >= 4 is 40.6 Å². The van der Waals surface area contributed by atoms with E-state index in [1.807, 2.05) is 36.4 Å². The van der Waals surface area contributed by atoms with Crippen molar-refractivity contribution in [2.24, 2.45) is 0 Å². The maximum atomic E-state index is 12.4. The van der Waals surface area contributed by atoms with Crippen molar-refractivity contribution in [3.63, 3.8) is 0 Å². The van der Waals surface area contributed by atoms with Crippen molar-refractivity contribution < 1.29 is 9.59 Å². The molecule has 5 nitrogen and oxygen atoms in total. The van der Waals surface area contributed by atoms with Crippen LogP contribution in [0.25, 0.3) is 0 Å². The lowest BCUT2D eigenvalue weighted by Gasteiger charge is -2.28. The van der Waals surface area contributed by atoms with Crippen molar-refractivity contribution in [2.45, 2.75) is 35.8 Å². The van der Waals surface area contributed by atoms with Gasteiger partial charge in [-0.05, 0) is 55.7 Å². The van der Waals surface area contributed by atoms with Crippen LogP contribution >= 0.6 is 11.8 Å². The third-order valence-electron chi connectivity index (χ3n) is 4.95. The summed E-state index contributed by atoms with van der Waals surface area (Å²) >= 11 is 1.45. The molecule has 0 aromatic heterocycles. The smallest absolute Gasteiger partial charge is 0.238 e. The fourth-order valence-electron chi connectivity index (χ4n) is 3.52. The highest BCUT2D eigenvalue weighted by Gasteiger charge is 2.28. The van der Waals surface area contributed by atoms with Crippen LogP contribution in [-0.2, 0) is 9.59 Å². The van der Waals surface area contributed by atoms with E-state index in [1.165, 1.54) is 36.7 Å². The van der Waals surface area contributed by atoms with Crippen LogP contribution in [0, 0.1) is 0 Å². The van der Waals surface area contributed by atoms with Gasteiger partial charge in [0.1, 0.15) is 0 Å². The number of thioether (sulfide) groups is 1. The van der Waals surface area contributed by atoms with Crippen LogP contribution in [-0.4, -0.2) is 30.2 Å². The van der Waals surface area contributed by atoms with Gasteiger partial charge in [-0.15, -0.1) is 11.8 Å². The first-order chi connectivity index (χ1) is 13.2. The van der Waals surface area contributed by atoms with Crippen LogP contribution in [0.3, 0.4) is 0 Å². The van der Waals surface area contributed by atoms with Crippen LogP contribution in [0.2, 0.25) is 0 Å². The molecule has 0 bridgehead atoms. The standard InChI is InChI=1S/C21H23N3O2S/c25-20(14-19-21(26)23-17-6-2-3-7-18(17)27-19)22-15-8-10-16(11-9-15)24-12-4-1-5-13-24/h2-3,6-11,19H,1,4-5,12-14H2,(H,22,25)(H,23,26)/t19-/m1/s1. The maximum Gasteiger partial charge on any atom is 0.238 e. The number of amides is 2.